The molecular weight excluding hydrogens is 250 g/mol. The van der Waals surface area contributed by atoms with E-state index in [0.717, 1.165) is 17.1 Å². The highest BCUT2D eigenvalue weighted by Gasteiger charge is 2.11. The Kier molecular flexibility index (Phi) is 3.10. The summed E-state index contributed by atoms with van der Waals surface area (Å²) < 4.78 is 1.76. The van der Waals surface area contributed by atoms with E-state index in [2.05, 4.69) is 34.2 Å². The summed E-state index contributed by atoms with van der Waals surface area (Å²) in [7, 11) is 0. The fraction of sp³-hybridized carbons (Fsp3) is 0.267. The third-order valence-electron chi connectivity index (χ3n) is 2.91. The van der Waals surface area contributed by atoms with Crippen LogP contribution in [0.1, 0.15) is 19.5 Å². The van der Waals surface area contributed by atoms with Crippen molar-refractivity contribution >= 4 is 11.6 Å². The van der Waals surface area contributed by atoms with E-state index < -0.39 is 0 Å². The van der Waals surface area contributed by atoms with Crippen LogP contribution in [0.5, 0.6) is 0 Å². The zero-order chi connectivity index (χ0) is 14.1. The maximum Gasteiger partial charge on any atom is 0.254 e. The first-order chi connectivity index (χ1) is 9.63. The first-order valence-electron chi connectivity index (χ1n) is 6.70. The van der Waals surface area contributed by atoms with Crippen molar-refractivity contribution in [2.75, 3.05) is 5.32 Å². The van der Waals surface area contributed by atoms with E-state index in [4.69, 9.17) is 0 Å². The highest BCUT2D eigenvalue weighted by atomic mass is 15.4. The van der Waals surface area contributed by atoms with E-state index in [-0.39, 0.29) is 0 Å². The summed E-state index contributed by atoms with van der Waals surface area (Å²) in [5, 5.41) is 7.93. The average Bonchev–Trinajstić information content (AvgIpc) is 2.83. The molecule has 0 amide bonds. The normalized spacial score (nSPS) is 11.2. The molecule has 0 fully saturated rings. The second-order valence-corrected chi connectivity index (χ2v) is 5.10. The minimum absolute atomic E-state index is 0.323. The van der Waals surface area contributed by atoms with E-state index in [0.29, 0.717) is 17.6 Å². The van der Waals surface area contributed by atoms with Crippen LogP contribution >= 0.6 is 0 Å². The zero-order valence-electron chi connectivity index (χ0n) is 11.8. The van der Waals surface area contributed by atoms with E-state index in [1.807, 2.05) is 43.3 Å². The van der Waals surface area contributed by atoms with Gasteiger partial charge in [0, 0.05) is 23.4 Å². The number of fused-ring (bicyclic) bond motifs is 1. The van der Waals surface area contributed by atoms with Crippen molar-refractivity contribution in [3.05, 3.63) is 42.1 Å². The fourth-order valence-electron chi connectivity index (χ4n) is 2.09. The summed E-state index contributed by atoms with van der Waals surface area (Å²) in [6.07, 6.45) is 0. The highest BCUT2D eigenvalue weighted by Crippen LogP contribution is 2.18. The summed E-state index contributed by atoms with van der Waals surface area (Å²) >= 11 is 0. The summed E-state index contributed by atoms with van der Waals surface area (Å²) in [5.41, 5.74) is 1.92. The number of anilines is 1. The molecule has 0 aliphatic rings. The molecule has 0 radical (unpaired) electrons. The molecule has 2 aromatic heterocycles. The Balaban J connectivity index is 2.15. The lowest BCUT2D eigenvalue weighted by Crippen LogP contribution is -2.14. The predicted molar refractivity (Wildman–Crippen MR) is 79.7 cm³/mol. The van der Waals surface area contributed by atoms with Gasteiger partial charge in [-0.15, -0.1) is 5.10 Å². The van der Waals surface area contributed by atoms with Gasteiger partial charge in [0.05, 0.1) is 0 Å². The lowest BCUT2D eigenvalue weighted by molar-refractivity contribution is 0.849. The molecule has 0 aliphatic carbocycles. The standard InChI is InChI=1S/C15H17N5/c1-10(2)16-13-9-11(3)17-15-18-14(19-20(13)15)12-7-5-4-6-8-12/h4-10,16H,1-3H3. The number of rotatable bonds is 3. The van der Waals surface area contributed by atoms with Crippen LogP contribution in [-0.2, 0) is 0 Å². The zero-order valence-corrected chi connectivity index (χ0v) is 11.8. The van der Waals surface area contributed by atoms with Crippen LogP contribution < -0.4 is 5.32 Å². The number of hydrogen-bond donors (Lipinski definition) is 1. The molecule has 0 saturated heterocycles. The number of hydrogen-bond acceptors (Lipinski definition) is 4. The third-order valence-corrected chi connectivity index (χ3v) is 2.91. The Morgan fingerprint density at radius 3 is 2.55 bits per heavy atom. The molecule has 0 spiro atoms. The monoisotopic (exact) mass is 267 g/mol. The predicted octanol–water partition coefficient (Wildman–Crippen LogP) is 2.92. The van der Waals surface area contributed by atoms with Crippen molar-refractivity contribution in [3.63, 3.8) is 0 Å². The van der Waals surface area contributed by atoms with Crippen molar-refractivity contribution < 1.29 is 0 Å². The van der Waals surface area contributed by atoms with Crippen LogP contribution in [0.4, 0.5) is 5.82 Å². The van der Waals surface area contributed by atoms with Crippen LogP contribution in [0, 0.1) is 6.92 Å². The van der Waals surface area contributed by atoms with Crippen molar-refractivity contribution in [1.82, 2.24) is 19.6 Å². The van der Waals surface area contributed by atoms with Gasteiger partial charge in [0.1, 0.15) is 5.82 Å². The molecule has 20 heavy (non-hydrogen) atoms. The first kappa shape index (κ1) is 12.6. The summed E-state index contributed by atoms with van der Waals surface area (Å²) in [6, 6.07) is 12.2. The van der Waals surface area contributed by atoms with Crippen LogP contribution in [0.15, 0.2) is 36.4 Å². The second kappa shape index (κ2) is 4.92. The van der Waals surface area contributed by atoms with E-state index in [9.17, 15) is 0 Å². The lowest BCUT2D eigenvalue weighted by atomic mass is 10.2. The molecule has 0 unspecified atom stereocenters. The molecule has 3 aromatic rings. The molecule has 1 N–H and O–H groups in total. The van der Waals surface area contributed by atoms with Gasteiger partial charge in [0.15, 0.2) is 5.82 Å². The minimum atomic E-state index is 0.323. The third kappa shape index (κ3) is 2.34. The van der Waals surface area contributed by atoms with Crippen LogP contribution in [0.3, 0.4) is 0 Å². The van der Waals surface area contributed by atoms with Gasteiger partial charge < -0.3 is 5.32 Å². The number of aromatic nitrogens is 4. The quantitative estimate of drug-likeness (QED) is 0.792. The van der Waals surface area contributed by atoms with E-state index in [1.54, 1.807) is 4.52 Å². The Labute approximate surface area is 117 Å². The topological polar surface area (TPSA) is 55.1 Å². The van der Waals surface area contributed by atoms with Crippen LogP contribution in [0.2, 0.25) is 0 Å². The van der Waals surface area contributed by atoms with Crippen LogP contribution in [0.25, 0.3) is 17.2 Å². The van der Waals surface area contributed by atoms with Gasteiger partial charge in [-0.2, -0.15) is 9.50 Å². The molecule has 0 aliphatic heterocycles. The van der Waals surface area contributed by atoms with Crippen molar-refractivity contribution in [2.45, 2.75) is 26.8 Å². The maximum atomic E-state index is 4.56. The SMILES string of the molecule is Cc1cc(NC(C)C)n2nc(-c3ccccc3)nc2n1. The van der Waals surface area contributed by atoms with Gasteiger partial charge in [-0.1, -0.05) is 30.3 Å². The van der Waals surface area contributed by atoms with E-state index in [1.165, 1.54) is 0 Å². The number of nitrogens with one attached hydrogen (secondary N) is 1. The van der Waals surface area contributed by atoms with Gasteiger partial charge in [-0.05, 0) is 20.8 Å². The molecule has 0 atom stereocenters. The number of nitrogens with zero attached hydrogens (tertiary/aromatic N) is 4. The second-order valence-electron chi connectivity index (χ2n) is 5.10. The van der Waals surface area contributed by atoms with Crippen molar-refractivity contribution in [2.24, 2.45) is 0 Å². The average molecular weight is 267 g/mol. The molecule has 1 aromatic carbocycles. The summed E-state index contributed by atoms with van der Waals surface area (Å²) in [5.74, 6) is 2.22. The fourth-order valence-corrected chi connectivity index (χ4v) is 2.09. The van der Waals surface area contributed by atoms with Crippen molar-refractivity contribution in [3.8, 4) is 11.4 Å². The summed E-state index contributed by atoms with van der Waals surface area (Å²) in [6.45, 7) is 6.15. The van der Waals surface area contributed by atoms with Gasteiger partial charge >= 0.3 is 0 Å². The Bertz CT molecular complexity index is 731. The van der Waals surface area contributed by atoms with Gasteiger partial charge in [-0.3, -0.25) is 0 Å². The molecule has 102 valence electrons. The smallest absolute Gasteiger partial charge is 0.254 e. The number of aryl methyl sites for hydroxylation is 1. The molecule has 0 saturated carbocycles. The minimum Gasteiger partial charge on any atom is -0.368 e. The van der Waals surface area contributed by atoms with Gasteiger partial charge in [0.2, 0.25) is 0 Å². The molecule has 3 rings (SSSR count). The molecule has 5 heteroatoms. The van der Waals surface area contributed by atoms with Gasteiger partial charge in [-0.25, -0.2) is 4.98 Å². The maximum absolute atomic E-state index is 4.56. The lowest BCUT2D eigenvalue weighted by Gasteiger charge is -2.11. The number of benzene rings is 1. The van der Waals surface area contributed by atoms with Crippen molar-refractivity contribution in [1.29, 1.82) is 0 Å². The van der Waals surface area contributed by atoms with Crippen LogP contribution in [-0.4, -0.2) is 25.6 Å². The molecular formula is C15H17N5. The molecule has 0 bridgehead atoms. The Hall–Kier alpha value is -2.43. The Morgan fingerprint density at radius 1 is 1.10 bits per heavy atom. The first-order valence-corrected chi connectivity index (χ1v) is 6.70. The summed E-state index contributed by atoms with van der Waals surface area (Å²) in [4.78, 5) is 8.95. The molecule has 2 heterocycles. The molecule has 5 nitrogen and oxygen atoms in total. The van der Waals surface area contributed by atoms with E-state index >= 15 is 0 Å². The Morgan fingerprint density at radius 2 is 1.85 bits per heavy atom. The highest BCUT2D eigenvalue weighted by molar-refractivity contribution is 5.58. The van der Waals surface area contributed by atoms with Gasteiger partial charge in [0.25, 0.3) is 5.78 Å². The largest absolute Gasteiger partial charge is 0.368 e.